The zero-order valence-corrected chi connectivity index (χ0v) is 16.0. The van der Waals surface area contributed by atoms with Gasteiger partial charge in [0.15, 0.2) is 6.61 Å². The summed E-state index contributed by atoms with van der Waals surface area (Å²) in [5, 5.41) is 3.99. The molecule has 2 rings (SSSR count). The lowest BCUT2D eigenvalue weighted by molar-refractivity contribution is -0.123. The van der Waals surface area contributed by atoms with Crippen LogP contribution in [0.2, 0.25) is 0 Å². The number of amides is 1. The van der Waals surface area contributed by atoms with E-state index in [1.165, 1.54) is 5.69 Å². The Bertz CT molecular complexity index is 750. The van der Waals surface area contributed by atoms with Gasteiger partial charge in [0.1, 0.15) is 5.75 Å². The number of hydrazone groups is 1. The first kappa shape index (κ1) is 19.5. The van der Waals surface area contributed by atoms with Crippen LogP contribution in [0.1, 0.15) is 30.5 Å². The molecule has 1 amide bonds. The third kappa shape index (κ3) is 5.34. The summed E-state index contributed by atoms with van der Waals surface area (Å²) in [6, 6.07) is 13.9. The van der Waals surface area contributed by atoms with Gasteiger partial charge in [0.05, 0.1) is 6.21 Å². The molecule has 0 aromatic heterocycles. The Balaban J connectivity index is 1.84. The van der Waals surface area contributed by atoms with Crippen molar-refractivity contribution in [1.82, 2.24) is 5.43 Å². The molecule has 0 heterocycles. The first-order valence-corrected chi connectivity index (χ1v) is 8.91. The van der Waals surface area contributed by atoms with E-state index in [-0.39, 0.29) is 12.5 Å². The van der Waals surface area contributed by atoms with E-state index >= 15 is 0 Å². The lowest BCUT2D eigenvalue weighted by Crippen LogP contribution is -2.24. The number of carbonyl (C=O) groups excluding carboxylic acids is 1. The highest BCUT2D eigenvalue weighted by atomic mass is 16.5. The second-order valence-electron chi connectivity index (χ2n) is 6.04. The maximum Gasteiger partial charge on any atom is 0.277 e. The van der Waals surface area contributed by atoms with Crippen LogP contribution in [0.3, 0.4) is 0 Å². The molecule has 0 spiro atoms. The van der Waals surface area contributed by atoms with Crippen molar-refractivity contribution >= 4 is 17.8 Å². The fourth-order valence-corrected chi connectivity index (χ4v) is 2.59. The van der Waals surface area contributed by atoms with Crippen LogP contribution in [-0.4, -0.2) is 31.8 Å². The van der Waals surface area contributed by atoms with E-state index in [0.717, 1.165) is 35.5 Å². The summed E-state index contributed by atoms with van der Waals surface area (Å²) in [5.41, 5.74) is 6.77. The third-order valence-corrected chi connectivity index (χ3v) is 4.34. The Labute approximate surface area is 155 Å². The molecule has 0 atom stereocenters. The maximum absolute atomic E-state index is 11.9. The van der Waals surface area contributed by atoms with Crippen LogP contribution >= 0.6 is 0 Å². The molecule has 0 radical (unpaired) electrons. The number of hydrogen-bond acceptors (Lipinski definition) is 4. The zero-order chi connectivity index (χ0) is 18.9. The van der Waals surface area contributed by atoms with Gasteiger partial charge in [-0.15, -0.1) is 0 Å². The van der Waals surface area contributed by atoms with Gasteiger partial charge in [0, 0.05) is 18.8 Å². The second-order valence-corrected chi connectivity index (χ2v) is 6.04. The quantitative estimate of drug-likeness (QED) is 0.582. The lowest BCUT2D eigenvalue weighted by atomic mass is 10.1. The normalized spacial score (nSPS) is 10.8. The van der Waals surface area contributed by atoms with E-state index < -0.39 is 0 Å². The minimum absolute atomic E-state index is 0.0669. The summed E-state index contributed by atoms with van der Waals surface area (Å²) in [7, 11) is 0. The Kier molecular flexibility index (Phi) is 7.21. The van der Waals surface area contributed by atoms with E-state index in [1.54, 1.807) is 6.21 Å². The van der Waals surface area contributed by atoms with Crippen LogP contribution in [0.15, 0.2) is 47.6 Å². The first-order chi connectivity index (χ1) is 12.5. The Morgan fingerprint density at radius 2 is 1.81 bits per heavy atom. The van der Waals surface area contributed by atoms with E-state index in [1.807, 2.05) is 44.2 Å². The predicted octanol–water partition coefficient (Wildman–Crippen LogP) is 3.68. The highest BCUT2D eigenvalue weighted by Gasteiger charge is 2.05. The molecule has 2 aromatic rings. The van der Waals surface area contributed by atoms with E-state index in [4.69, 9.17) is 4.74 Å². The lowest BCUT2D eigenvalue weighted by Gasteiger charge is -2.20. The SMILES string of the molecule is CCN(CC)c1ccc(C=NNC(=O)COc2cccc(C)c2C)cc1. The van der Waals surface area contributed by atoms with E-state index in [2.05, 4.69) is 41.4 Å². The number of ether oxygens (including phenoxy) is 1. The summed E-state index contributed by atoms with van der Waals surface area (Å²) in [4.78, 5) is 14.1. The van der Waals surface area contributed by atoms with E-state index in [9.17, 15) is 4.79 Å². The molecular formula is C21H27N3O2. The molecule has 2 aromatic carbocycles. The number of rotatable bonds is 8. The smallest absolute Gasteiger partial charge is 0.277 e. The molecule has 5 nitrogen and oxygen atoms in total. The second kappa shape index (κ2) is 9.61. The number of nitrogens with one attached hydrogen (secondary N) is 1. The van der Waals surface area contributed by atoms with Crippen molar-refractivity contribution in [3.63, 3.8) is 0 Å². The van der Waals surface area contributed by atoms with Crippen LogP contribution in [-0.2, 0) is 4.79 Å². The standard InChI is InChI=1S/C21H27N3O2/c1-5-24(6-2)19-12-10-18(11-13-19)14-22-23-21(25)15-26-20-9-7-8-16(3)17(20)4/h7-14H,5-6,15H2,1-4H3,(H,23,25). The number of anilines is 1. The molecule has 5 heteroatoms. The van der Waals surface area contributed by atoms with Crippen molar-refractivity contribution in [2.24, 2.45) is 5.10 Å². The Hall–Kier alpha value is -2.82. The van der Waals surface area contributed by atoms with E-state index in [0.29, 0.717) is 0 Å². The monoisotopic (exact) mass is 353 g/mol. The van der Waals surface area contributed by atoms with Crippen molar-refractivity contribution in [2.75, 3.05) is 24.6 Å². The van der Waals surface area contributed by atoms with Crippen LogP contribution in [0, 0.1) is 13.8 Å². The van der Waals surface area contributed by atoms with Gasteiger partial charge in [-0.05, 0) is 62.6 Å². The minimum Gasteiger partial charge on any atom is -0.483 e. The van der Waals surface area contributed by atoms with Gasteiger partial charge in [-0.2, -0.15) is 5.10 Å². The predicted molar refractivity (Wildman–Crippen MR) is 107 cm³/mol. The van der Waals surface area contributed by atoms with Gasteiger partial charge in [-0.3, -0.25) is 4.79 Å². The van der Waals surface area contributed by atoms with Gasteiger partial charge < -0.3 is 9.64 Å². The first-order valence-electron chi connectivity index (χ1n) is 8.91. The van der Waals surface area contributed by atoms with Crippen molar-refractivity contribution < 1.29 is 9.53 Å². The van der Waals surface area contributed by atoms with Gasteiger partial charge in [-0.1, -0.05) is 24.3 Å². The molecule has 0 unspecified atom stereocenters. The molecule has 26 heavy (non-hydrogen) atoms. The van der Waals surface area contributed by atoms with Crippen molar-refractivity contribution in [1.29, 1.82) is 0 Å². The Morgan fingerprint density at radius 3 is 2.46 bits per heavy atom. The van der Waals surface area contributed by atoms with Gasteiger partial charge in [0.25, 0.3) is 5.91 Å². The average Bonchev–Trinajstić information content (AvgIpc) is 2.65. The zero-order valence-electron chi connectivity index (χ0n) is 16.0. The van der Waals surface area contributed by atoms with Gasteiger partial charge in [0.2, 0.25) is 0 Å². The van der Waals surface area contributed by atoms with Crippen LogP contribution < -0.4 is 15.1 Å². The fraction of sp³-hybridized carbons (Fsp3) is 0.333. The van der Waals surface area contributed by atoms with Crippen LogP contribution in [0.25, 0.3) is 0 Å². The minimum atomic E-state index is -0.290. The number of benzene rings is 2. The number of hydrogen-bond donors (Lipinski definition) is 1. The summed E-state index contributed by atoms with van der Waals surface area (Å²) >= 11 is 0. The molecule has 0 fully saturated rings. The molecule has 1 N–H and O–H groups in total. The molecule has 0 saturated carbocycles. The molecule has 0 bridgehead atoms. The fourth-order valence-electron chi connectivity index (χ4n) is 2.59. The molecular weight excluding hydrogens is 326 g/mol. The molecule has 0 aliphatic rings. The van der Waals surface area contributed by atoms with Crippen molar-refractivity contribution in [2.45, 2.75) is 27.7 Å². The summed E-state index contributed by atoms with van der Waals surface area (Å²) in [5.74, 6) is 0.429. The van der Waals surface area contributed by atoms with Gasteiger partial charge in [-0.25, -0.2) is 5.43 Å². The number of nitrogens with zero attached hydrogens (tertiary/aromatic N) is 2. The van der Waals surface area contributed by atoms with Gasteiger partial charge >= 0.3 is 0 Å². The summed E-state index contributed by atoms with van der Waals surface area (Å²) < 4.78 is 5.56. The highest BCUT2D eigenvalue weighted by molar-refractivity contribution is 5.83. The van der Waals surface area contributed by atoms with Crippen LogP contribution in [0.5, 0.6) is 5.75 Å². The number of carbonyl (C=O) groups is 1. The van der Waals surface area contributed by atoms with Crippen LogP contribution in [0.4, 0.5) is 5.69 Å². The number of aryl methyl sites for hydroxylation is 1. The topological polar surface area (TPSA) is 53.9 Å². The molecule has 138 valence electrons. The third-order valence-electron chi connectivity index (χ3n) is 4.34. The molecule has 0 aliphatic heterocycles. The Morgan fingerprint density at radius 1 is 1.12 bits per heavy atom. The average molecular weight is 353 g/mol. The maximum atomic E-state index is 11.9. The molecule has 0 aliphatic carbocycles. The molecule has 0 saturated heterocycles. The largest absolute Gasteiger partial charge is 0.483 e. The summed E-state index contributed by atoms with van der Waals surface area (Å²) in [6.07, 6.45) is 1.63. The van der Waals surface area contributed by atoms with Crippen molar-refractivity contribution in [3.8, 4) is 5.75 Å². The highest BCUT2D eigenvalue weighted by Crippen LogP contribution is 2.20. The van der Waals surface area contributed by atoms with Crippen molar-refractivity contribution in [3.05, 3.63) is 59.2 Å². The summed E-state index contributed by atoms with van der Waals surface area (Å²) in [6.45, 7) is 10.1.